The number of anilines is 3. The van der Waals surface area contributed by atoms with Crippen molar-refractivity contribution < 1.29 is 9.18 Å². The van der Waals surface area contributed by atoms with E-state index < -0.39 is 11.7 Å². The highest BCUT2D eigenvalue weighted by Crippen LogP contribution is 2.27. The Kier molecular flexibility index (Phi) is 5.03. The molecule has 132 valence electrons. The van der Waals surface area contributed by atoms with Crippen LogP contribution in [-0.2, 0) is 0 Å². The lowest BCUT2D eigenvalue weighted by Crippen LogP contribution is -2.24. The second-order valence-electron chi connectivity index (χ2n) is 6.05. The molecule has 0 saturated carbocycles. The predicted molar refractivity (Wildman–Crippen MR) is 97.2 cm³/mol. The molecule has 8 heteroatoms. The van der Waals surface area contributed by atoms with Gasteiger partial charge in [0.2, 0.25) is 5.95 Å². The summed E-state index contributed by atoms with van der Waals surface area (Å²) in [6.45, 7) is 1.84. The summed E-state index contributed by atoms with van der Waals surface area (Å²) < 4.78 is 13.9. The zero-order valence-corrected chi connectivity index (χ0v) is 14.8. The summed E-state index contributed by atoms with van der Waals surface area (Å²) in [7, 11) is 3.64. The minimum Gasteiger partial charge on any atom is -0.361 e. The summed E-state index contributed by atoms with van der Waals surface area (Å²) in [5, 5.41) is 2.71. The Morgan fingerprint density at radius 3 is 2.68 bits per heavy atom. The summed E-state index contributed by atoms with van der Waals surface area (Å²) >= 11 is 5.96. The topological polar surface area (TPSA) is 61.4 Å². The van der Waals surface area contributed by atoms with Gasteiger partial charge in [0.05, 0.1) is 16.8 Å². The van der Waals surface area contributed by atoms with E-state index in [9.17, 15) is 9.18 Å². The summed E-state index contributed by atoms with van der Waals surface area (Å²) in [5.74, 6) is -0.129. The molecule has 6 nitrogen and oxygen atoms in total. The molecule has 1 aliphatic rings. The van der Waals surface area contributed by atoms with Gasteiger partial charge in [0.1, 0.15) is 11.5 Å². The molecule has 0 unspecified atom stereocenters. The molecule has 0 radical (unpaired) electrons. The van der Waals surface area contributed by atoms with E-state index in [1.807, 2.05) is 14.1 Å². The van der Waals surface area contributed by atoms with Crippen molar-refractivity contribution in [3.05, 3.63) is 40.8 Å². The van der Waals surface area contributed by atoms with Crippen LogP contribution in [0.3, 0.4) is 0 Å². The molecule has 2 aromatic rings. The standard InChI is InChI=1S/C17H19ClFN5O/c1-23(2)15-13(10-20-17(22-15)24-8-3-4-9-24)21-16(25)14-11(18)6-5-7-12(14)19/h5-7,10H,3-4,8-9H2,1-2H3,(H,21,25). The molecule has 1 amide bonds. The van der Waals surface area contributed by atoms with Crippen LogP contribution in [0, 0.1) is 5.82 Å². The van der Waals surface area contributed by atoms with E-state index in [0.29, 0.717) is 17.5 Å². The van der Waals surface area contributed by atoms with E-state index in [0.717, 1.165) is 25.9 Å². The number of amides is 1. The van der Waals surface area contributed by atoms with E-state index >= 15 is 0 Å². The van der Waals surface area contributed by atoms with Gasteiger partial charge in [0.25, 0.3) is 5.91 Å². The van der Waals surface area contributed by atoms with Crippen LogP contribution < -0.4 is 15.1 Å². The molecule has 1 aromatic carbocycles. The minimum absolute atomic E-state index is 0.0542. The molecule has 1 fully saturated rings. The number of nitrogens with one attached hydrogen (secondary N) is 1. The summed E-state index contributed by atoms with van der Waals surface area (Å²) in [6, 6.07) is 4.12. The van der Waals surface area contributed by atoms with Crippen LogP contribution in [0.1, 0.15) is 23.2 Å². The van der Waals surface area contributed by atoms with Gasteiger partial charge in [-0.05, 0) is 25.0 Å². The maximum atomic E-state index is 13.9. The fraction of sp³-hybridized carbons (Fsp3) is 0.353. The Bertz CT molecular complexity index is 772. The van der Waals surface area contributed by atoms with Crippen molar-refractivity contribution in [2.24, 2.45) is 0 Å². The molecule has 25 heavy (non-hydrogen) atoms. The van der Waals surface area contributed by atoms with E-state index in [1.54, 1.807) is 11.1 Å². The zero-order chi connectivity index (χ0) is 18.0. The third-order valence-corrected chi connectivity index (χ3v) is 4.32. The summed E-state index contributed by atoms with van der Waals surface area (Å²) in [4.78, 5) is 25.2. The van der Waals surface area contributed by atoms with Gasteiger partial charge in [0.15, 0.2) is 5.82 Å². The first kappa shape index (κ1) is 17.4. The van der Waals surface area contributed by atoms with E-state index in [1.165, 1.54) is 18.2 Å². The average molecular weight is 364 g/mol. The SMILES string of the molecule is CN(C)c1nc(N2CCCC2)ncc1NC(=O)c1c(F)cccc1Cl. The third kappa shape index (κ3) is 3.66. The fourth-order valence-corrected chi connectivity index (χ4v) is 3.01. The number of hydrogen-bond donors (Lipinski definition) is 1. The molecule has 1 aromatic heterocycles. The second-order valence-corrected chi connectivity index (χ2v) is 6.45. The van der Waals surface area contributed by atoms with Crippen LogP contribution in [0.2, 0.25) is 5.02 Å². The molecule has 0 aliphatic carbocycles. The van der Waals surface area contributed by atoms with Gasteiger partial charge in [-0.3, -0.25) is 4.79 Å². The number of nitrogens with zero attached hydrogens (tertiary/aromatic N) is 4. The highest BCUT2D eigenvalue weighted by molar-refractivity contribution is 6.34. The van der Waals surface area contributed by atoms with Crippen LogP contribution in [0.5, 0.6) is 0 Å². The van der Waals surface area contributed by atoms with Gasteiger partial charge >= 0.3 is 0 Å². The molecule has 1 saturated heterocycles. The Balaban J connectivity index is 1.90. The number of rotatable bonds is 4. The molecule has 1 N–H and O–H groups in total. The lowest BCUT2D eigenvalue weighted by molar-refractivity contribution is 0.102. The number of halogens is 2. The van der Waals surface area contributed by atoms with Crippen molar-refractivity contribution in [1.29, 1.82) is 0 Å². The smallest absolute Gasteiger partial charge is 0.260 e. The van der Waals surface area contributed by atoms with Gasteiger partial charge in [-0.1, -0.05) is 17.7 Å². The highest BCUT2D eigenvalue weighted by Gasteiger charge is 2.21. The average Bonchev–Trinajstić information content (AvgIpc) is 3.09. The predicted octanol–water partition coefficient (Wildman–Crippen LogP) is 3.19. The molecule has 3 rings (SSSR count). The number of carbonyl (C=O) groups is 1. The number of benzene rings is 1. The number of hydrogen-bond acceptors (Lipinski definition) is 5. The van der Waals surface area contributed by atoms with Crippen molar-refractivity contribution >= 4 is 35.0 Å². The van der Waals surface area contributed by atoms with Gasteiger partial charge in [-0.2, -0.15) is 4.98 Å². The number of carbonyl (C=O) groups excluding carboxylic acids is 1. The lowest BCUT2D eigenvalue weighted by Gasteiger charge is -2.21. The Hall–Kier alpha value is -2.41. The van der Waals surface area contributed by atoms with Crippen LogP contribution in [-0.4, -0.2) is 43.1 Å². The van der Waals surface area contributed by atoms with Crippen LogP contribution in [0.25, 0.3) is 0 Å². The van der Waals surface area contributed by atoms with E-state index in [4.69, 9.17) is 11.6 Å². The zero-order valence-electron chi connectivity index (χ0n) is 14.1. The first-order valence-corrected chi connectivity index (χ1v) is 8.40. The Labute approximate surface area is 150 Å². The molecular formula is C17H19ClFN5O. The molecule has 1 aliphatic heterocycles. The quantitative estimate of drug-likeness (QED) is 0.904. The molecule has 0 atom stereocenters. The Morgan fingerprint density at radius 1 is 1.32 bits per heavy atom. The van der Waals surface area contributed by atoms with Gasteiger partial charge in [-0.25, -0.2) is 9.37 Å². The maximum Gasteiger partial charge on any atom is 0.260 e. The highest BCUT2D eigenvalue weighted by atomic mass is 35.5. The lowest BCUT2D eigenvalue weighted by atomic mass is 10.2. The molecule has 0 spiro atoms. The van der Waals surface area contributed by atoms with Crippen LogP contribution >= 0.6 is 11.6 Å². The monoisotopic (exact) mass is 363 g/mol. The van der Waals surface area contributed by atoms with Crippen molar-refractivity contribution in [3.8, 4) is 0 Å². The summed E-state index contributed by atoms with van der Waals surface area (Å²) in [5.41, 5.74) is 0.203. The van der Waals surface area contributed by atoms with E-state index in [-0.39, 0.29) is 10.6 Å². The van der Waals surface area contributed by atoms with Crippen LogP contribution in [0.4, 0.5) is 21.8 Å². The summed E-state index contributed by atoms with van der Waals surface area (Å²) in [6.07, 6.45) is 3.78. The fourth-order valence-electron chi connectivity index (χ4n) is 2.76. The maximum absolute atomic E-state index is 13.9. The van der Waals surface area contributed by atoms with Gasteiger partial charge in [0, 0.05) is 27.2 Å². The van der Waals surface area contributed by atoms with E-state index in [2.05, 4.69) is 20.2 Å². The first-order chi connectivity index (χ1) is 12.0. The van der Waals surface area contributed by atoms with Gasteiger partial charge in [-0.15, -0.1) is 0 Å². The largest absolute Gasteiger partial charge is 0.361 e. The van der Waals surface area contributed by atoms with Crippen molar-refractivity contribution in [3.63, 3.8) is 0 Å². The minimum atomic E-state index is -0.675. The second kappa shape index (κ2) is 7.23. The van der Waals surface area contributed by atoms with Gasteiger partial charge < -0.3 is 15.1 Å². The van der Waals surface area contributed by atoms with Crippen LogP contribution in [0.15, 0.2) is 24.4 Å². The number of aromatic nitrogens is 2. The van der Waals surface area contributed by atoms with Crippen molar-refractivity contribution in [1.82, 2.24) is 9.97 Å². The van der Waals surface area contributed by atoms with Crippen molar-refractivity contribution in [2.75, 3.05) is 42.3 Å². The third-order valence-electron chi connectivity index (χ3n) is 4.01. The molecule has 2 heterocycles. The normalized spacial score (nSPS) is 13.8. The Morgan fingerprint density at radius 2 is 2.04 bits per heavy atom. The molecule has 0 bridgehead atoms. The molecular weight excluding hydrogens is 345 g/mol. The van der Waals surface area contributed by atoms with Crippen molar-refractivity contribution in [2.45, 2.75) is 12.8 Å². The first-order valence-electron chi connectivity index (χ1n) is 8.02.